The van der Waals surface area contributed by atoms with Crippen molar-refractivity contribution in [3.63, 3.8) is 0 Å². The number of aryl methyl sites for hydroxylation is 1. The number of hydrogen-bond donors (Lipinski definition) is 1. The van der Waals surface area contributed by atoms with E-state index in [1.807, 2.05) is 52.6 Å². The molecular weight excluding hydrogens is 711 g/mol. The molecule has 2 aliphatic heterocycles. The standard InChI is InChI=1S/C40H47N5O4S.2H2S/c1-39(2,3)48-37(46)44-19-7-9-30(44)16-18-35-42-31-17-15-28(23-34(31)50-35)26-11-12-27-22-29(14-13-25(27)21-26)32-24-41-36(43-32)33-10-8-20-45(33)38(47)49-40(4,5)6;;/h11-15,17,21-24,30,33H,7-10,16,18-20H2,1-6H3,(H,41,43);2*1H2/t30-,33-;;/m0../s1. The molecule has 52 heavy (non-hydrogen) atoms. The number of benzene rings is 3. The lowest BCUT2D eigenvalue weighted by molar-refractivity contribution is 0.0209. The zero-order chi connectivity index (χ0) is 35.2. The van der Waals surface area contributed by atoms with Gasteiger partial charge >= 0.3 is 12.2 Å². The summed E-state index contributed by atoms with van der Waals surface area (Å²) in [4.78, 5) is 42.4. The Balaban J connectivity index is 0.00000261. The minimum Gasteiger partial charge on any atom is -0.444 e. The number of nitrogens with zero attached hydrogens (tertiary/aromatic N) is 4. The number of carbonyl (C=O) groups is 2. The van der Waals surface area contributed by atoms with Crippen molar-refractivity contribution in [1.82, 2.24) is 24.8 Å². The quantitative estimate of drug-likeness (QED) is 0.185. The third-order valence-corrected chi connectivity index (χ3v) is 10.5. The molecule has 2 aromatic heterocycles. The van der Waals surface area contributed by atoms with Crippen LogP contribution in [0.25, 0.3) is 43.4 Å². The number of aromatic amines is 1. The fourth-order valence-corrected chi connectivity index (χ4v) is 8.10. The minimum atomic E-state index is -0.536. The molecule has 7 rings (SSSR count). The fraction of sp³-hybridized carbons (Fsp3) is 0.450. The molecule has 2 aliphatic rings. The molecule has 0 radical (unpaired) electrons. The molecule has 2 amide bonds. The van der Waals surface area contributed by atoms with Gasteiger partial charge in [0.1, 0.15) is 17.0 Å². The smallest absolute Gasteiger partial charge is 0.410 e. The lowest BCUT2D eigenvalue weighted by Crippen LogP contribution is -2.40. The summed E-state index contributed by atoms with van der Waals surface area (Å²) in [5, 5.41) is 3.41. The first-order valence-corrected chi connectivity index (χ1v) is 18.6. The summed E-state index contributed by atoms with van der Waals surface area (Å²) in [5.74, 6) is 0.793. The lowest BCUT2D eigenvalue weighted by Gasteiger charge is -2.28. The molecule has 0 spiro atoms. The molecule has 0 bridgehead atoms. The Morgan fingerprint density at radius 2 is 1.40 bits per heavy atom. The van der Waals surface area contributed by atoms with Gasteiger partial charge in [-0.05, 0) is 120 Å². The number of amides is 2. The molecule has 1 N–H and O–H groups in total. The normalized spacial score (nSPS) is 17.7. The third-order valence-electron chi connectivity index (χ3n) is 9.41. The SMILES string of the molecule is CC(C)(C)OC(=O)N1CCC[C@H]1CCc1nc2ccc(-c3ccc4cc(-c5cnc([C@@H]6CCCN6C(=O)OC(C)(C)C)[nH]5)ccc4c3)cc2s1.S.S. The minimum absolute atomic E-state index is 0. The van der Waals surface area contributed by atoms with E-state index in [4.69, 9.17) is 14.5 Å². The molecule has 12 heteroatoms. The van der Waals surface area contributed by atoms with Crippen LogP contribution in [0.15, 0.2) is 60.8 Å². The van der Waals surface area contributed by atoms with E-state index in [0.717, 1.165) is 94.6 Å². The summed E-state index contributed by atoms with van der Waals surface area (Å²) in [6.07, 6.45) is 6.91. The van der Waals surface area contributed by atoms with Crippen LogP contribution in [0.1, 0.15) is 90.5 Å². The van der Waals surface area contributed by atoms with Crippen LogP contribution in [0.3, 0.4) is 0 Å². The number of ether oxygens (including phenoxy) is 2. The number of aromatic nitrogens is 3. The van der Waals surface area contributed by atoms with Gasteiger partial charge in [0, 0.05) is 31.1 Å². The zero-order valence-corrected chi connectivity index (χ0v) is 33.7. The molecule has 9 nitrogen and oxygen atoms in total. The van der Waals surface area contributed by atoms with E-state index in [1.165, 1.54) is 4.70 Å². The Morgan fingerprint density at radius 1 is 0.808 bits per heavy atom. The number of thiazole rings is 1. The molecule has 2 atom stereocenters. The monoisotopic (exact) mass is 761 g/mol. The Bertz CT molecular complexity index is 2050. The van der Waals surface area contributed by atoms with Crippen LogP contribution in [0, 0.1) is 0 Å². The van der Waals surface area contributed by atoms with E-state index < -0.39 is 11.2 Å². The van der Waals surface area contributed by atoms with Gasteiger partial charge < -0.3 is 19.4 Å². The van der Waals surface area contributed by atoms with Crippen LogP contribution in [0.4, 0.5) is 9.59 Å². The average molecular weight is 762 g/mol. The van der Waals surface area contributed by atoms with E-state index in [-0.39, 0.29) is 51.3 Å². The van der Waals surface area contributed by atoms with Crippen LogP contribution < -0.4 is 0 Å². The summed E-state index contributed by atoms with van der Waals surface area (Å²) < 4.78 is 12.5. The largest absolute Gasteiger partial charge is 0.444 e. The van der Waals surface area contributed by atoms with Gasteiger partial charge in [0.15, 0.2) is 0 Å². The maximum absolute atomic E-state index is 12.8. The molecule has 2 fully saturated rings. The van der Waals surface area contributed by atoms with Crippen LogP contribution in [-0.2, 0) is 15.9 Å². The second kappa shape index (κ2) is 15.7. The van der Waals surface area contributed by atoms with Crippen molar-refractivity contribution in [2.75, 3.05) is 13.1 Å². The van der Waals surface area contributed by atoms with Crippen molar-refractivity contribution in [3.05, 3.63) is 71.6 Å². The topological polar surface area (TPSA) is 101 Å². The Morgan fingerprint density at radius 3 is 2.12 bits per heavy atom. The number of hydrogen-bond acceptors (Lipinski definition) is 7. The van der Waals surface area contributed by atoms with Crippen molar-refractivity contribution < 1.29 is 19.1 Å². The highest BCUT2D eigenvalue weighted by atomic mass is 32.1. The van der Waals surface area contributed by atoms with E-state index >= 15 is 0 Å². The van der Waals surface area contributed by atoms with Gasteiger partial charge in [0.2, 0.25) is 0 Å². The number of imidazole rings is 1. The Kier molecular flexibility index (Phi) is 11.9. The highest BCUT2D eigenvalue weighted by molar-refractivity contribution is 7.59. The van der Waals surface area contributed by atoms with Crippen molar-refractivity contribution in [2.45, 2.75) is 103 Å². The molecular formula is C40H51N5O4S3. The number of likely N-dealkylation sites (tertiary alicyclic amines) is 2. The number of H-pyrrole nitrogens is 1. The van der Waals surface area contributed by atoms with Crippen LogP contribution in [-0.4, -0.2) is 67.3 Å². The molecule has 278 valence electrons. The summed E-state index contributed by atoms with van der Waals surface area (Å²) in [5.41, 5.74) is 4.29. The van der Waals surface area contributed by atoms with Gasteiger partial charge in [-0.25, -0.2) is 19.6 Å². The van der Waals surface area contributed by atoms with Crippen LogP contribution in [0.2, 0.25) is 0 Å². The second-order valence-electron chi connectivity index (χ2n) is 15.6. The van der Waals surface area contributed by atoms with Gasteiger partial charge in [-0.15, -0.1) is 11.3 Å². The van der Waals surface area contributed by atoms with E-state index in [2.05, 4.69) is 64.6 Å². The summed E-state index contributed by atoms with van der Waals surface area (Å²) in [6.45, 7) is 12.8. The zero-order valence-electron chi connectivity index (χ0n) is 30.9. The number of fused-ring (bicyclic) bond motifs is 2. The van der Waals surface area contributed by atoms with Gasteiger partial charge in [0.25, 0.3) is 0 Å². The maximum Gasteiger partial charge on any atom is 0.410 e. The lowest BCUT2D eigenvalue weighted by atomic mass is 9.99. The first-order valence-electron chi connectivity index (χ1n) is 17.8. The Hall–Kier alpha value is -3.74. The molecule has 3 aromatic carbocycles. The summed E-state index contributed by atoms with van der Waals surface area (Å²) >= 11 is 1.74. The molecule has 4 heterocycles. The molecule has 2 saturated heterocycles. The highest BCUT2D eigenvalue weighted by Gasteiger charge is 2.35. The molecule has 5 aromatic rings. The van der Waals surface area contributed by atoms with Gasteiger partial charge in [-0.2, -0.15) is 27.0 Å². The molecule has 0 aliphatic carbocycles. The highest BCUT2D eigenvalue weighted by Crippen LogP contribution is 2.35. The van der Waals surface area contributed by atoms with Crippen molar-refractivity contribution in [3.8, 4) is 22.4 Å². The first-order chi connectivity index (χ1) is 23.8. The Labute approximate surface area is 324 Å². The van der Waals surface area contributed by atoms with Crippen molar-refractivity contribution in [2.24, 2.45) is 0 Å². The first kappa shape index (κ1) is 39.5. The number of carbonyl (C=O) groups excluding carboxylic acids is 2. The van der Waals surface area contributed by atoms with E-state index in [9.17, 15) is 9.59 Å². The molecule has 0 unspecified atom stereocenters. The number of nitrogens with one attached hydrogen (secondary N) is 1. The number of rotatable bonds is 6. The van der Waals surface area contributed by atoms with E-state index in [1.54, 1.807) is 16.2 Å². The average Bonchev–Trinajstić information content (AvgIpc) is 3.87. The molecule has 0 saturated carbocycles. The summed E-state index contributed by atoms with van der Waals surface area (Å²) in [6, 6.07) is 19.6. The second-order valence-corrected chi connectivity index (χ2v) is 16.7. The van der Waals surface area contributed by atoms with Gasteiger partial charge in [-0.1, -0.05) is 30.3 Å². The summed E-state index contributed by atoms with van der Waals surface area (Å²) in [7, 11) is 0. The fourth-order valence-electron chi connectivity index (χ4n) is 7.08. The predicted octanol–water partition coefficient (Wildman–Crippen LogP) is 10.1. The van der Waals surface area contributed by atoms with Gasteiger partial charge in [-0.3, -0.25) is 4.90 Å². The van der Waals surface area contributed by atoms with Gasteiger partial charge in [0.05, 0.1) is 33.2 Å². The van der Waals surface area contributed by atoms with Crippen molar-refractivity contribution >= 4 is 71.5 Å². The third kappa shape index (κ3) is 8.89. The van der Waals surface area contributed by atoms with Crippen LogP contribution >= 0.6 is 38.3 Å². The van der Waals surface area contributed by atoms with Crippen molar-refractivity contribution in [1.29, 1.82) is 0 Å². The predicted molar refractivity (Wildman–Crippen MR) is 220 cm³/mol. The van der Waals surface area contributed by atoms with E-state index in [0.29, 0.717) is 6.54 Å². The maximum atomic E-state index is 12.8. The van der Waals surface area contributed by atoms with Crippen LogP contribution in [0.5, 0.6) is 0 Å².